The molecule has 2 amide bonds. The Kier molecular flexibility index (Phi) is 4.92. The van der Waals surface area contributed by atoms with Crippen LogP contribution in [0.1, 0.15) is 24.8 Å². The number of rotatable bonds is 5. The van der Waals surface area contributed by atoms with E-state index in [0.29, 0.717) is 19.1 Å². The van der Waals surface area contributed by atoms with Crippen LogP contribution in [0.15, 0.2) is 18.2 Å². The second-order valence-corrected chi connectivity index (χ2v) is 5.83. The van der Waals surface area contributed by atoms with Crippen molar-refractivity contribution in [2.75, 3.05) is 25.6 Å². The minimum atomic E-state index is -0.227. The highest BCUT2D eigenvalue weighted by Gasteiger charge is 2.08. The summed E-state index contributed by atoms with van der Waals surface area (Å²) in [6, 6.07) is 5.52. The van der Waals surface area contributed by atoms with E-state index < -0.39 is 0 Å². The highest BCUT2D eigenvalue weighted by atomic mass is 32.1. The van der Waals surface area contributed by atoms with Crippen LogP contribution in [0, 0.1) is 0 Å². The third-order valence-corrected chi connectivity index (χ3v) is 4.07. The number of thiazole rings is 1. The molecule has 1 heterocycles. The molecule has 5 nitrogen and oxygen atoms in total. The van der Waals surface area contributed by atoms with E-state index in [4.69, 9.17) is 4.74 Å². The van der Waals surface area contributed by atoms with Crippen LogP contribution in [0.2, 0.25) is 0 Å². The Hall–Kier alpha value is -1.66. The molecule has 20 heavy (non-hydrogen) atoms. The third kappa shape index (κ3) is 3.68. The van der Waals surface area contributed by atoms with Gasteiger partial charge in [0.15, 0.2) is 0 Å². The SMILES string of the molecule is COCCNC(=O)Nc1ccc2nc(C(C)C)sc2c1. The van der Waals surface area contributed by atoms with E-state index in [1.165, 1.54) is 0 Å². The first-order chi connectivity index (χ1) is 9.60. The fraction of sp³-hybridized carbons (Fsp3) is 0.429. The number of urea groups is 1. The van der Waals surface area contributed by atoms with Crippen LogP contribution < -0.4 is 10.6 Å². The predicted octanol–water partition coefficient (Wildman–Crippen LogP) is 3.19. The molecule has 2 rings (SSSR count). The average Bonchev–Trinajstić information content (AvgIpc) is 2.82. The van der Waals surface area contributed by atoms with E-state index in [1.807, 2.05) is 18.2 Å². The molecule has 2 aromatic rings. The Labute approximate surface area is 122 Å². The Morgan fingerprint density at radius 1 is 1.45 bits per heavy atom. The molecule has 0 aliphatic heterocycles. The minimum absolute atomic E-state index is 0.227. The molecule has 0 spiro atoms. The zero-order valence-corrected chi connectivity index (χ0v) is 12.7. The van der Waals surface area contributed by atoms with Gasteiger partial charge in [0, 0.05) is 25.3 Å². The molecular weight excluding hydrogens is 274 g/mol. The number of nitrogens with one attached hydrogen (secondary N) is 2. The van der Waals surface area contributed by atoms with Gasteiger partial charge in [0.2, 0.25) is 0 Å². The van der Waals surface area contributed by atoms with E-state index in [9.17, 15) is 4.79 Å². The third-order valence-electron chi connectivity index (χ3n) is 2.75. The lowest BCUT2D eigenvalue weighted by Crippen LogP contribution is -2.31. The quantitative estimate of drug-likeness (QED) is 0.832. The van der Waals surface area contributed by atoms with Crippen molar-refractivity contribution in [3.05, 3.63) is 23.2 Å². The van der Waals surface area contributed by atoms with Gasteiger partial charge < -0.3 is 15.4 Å². The molecule has 6 heteroatoms. The Balaban J connectivity index is 2.05. The molecule has 0 saturated heterocycles. The number of amides is 2. The monoisotopic (exact) mass is 293 g/mol. The number of carbonyl (C=O) groups excluding carboxylic acids is 1. The summed E-state index contributed by atoms with van der Waals surface area (Å²) >= 11 is 1.67. The maximum Gasteiger partial charge on any atom is 0.319 e. The van der Waals surface area contributed by atoms with E-state index in [-0.39, 0.29) is 6.03 Å². The van der Waals surface area contributed by atoms with Gasteiger partial charge in [-0.25, -0.2) is 9.78 Å². The van der Waals surface area contributed by atoms with Crippen molar-refractivity contribution in [1.29, 1.82) is 0 Å². The zero-order chi connectivity index (χ0) is 14.5. The van der Waals surface area contributed by atoms with Crippen LogP contribution in [-0.2, 0) is 4.74 Å². The van der Waals surface area contributed by atoms with Gasteiger partial charge in [0.25, 0.3) is 0 Å². The van der Waals surface area contributed by atoms with E-state index in [2.05, 4.69) is 29.5 Å². The summed E-state index contributed by atoms with van der Waals surface area (Å²) in [6.07, 6.45) is 0. The van der Waals surface area contributed by atoms with Crippen molar-refractivity contribution < 1.29 is 9.53 Å². The number of methoxy groups -OCH3 is 1. The van der Waals surface area contributed by atoms with Gasteiger partial charge in [-0.05, 0) is 18.2 Å². The van der Waals surface area contributed by atoms with Crippen LogP contribution in [0.25, 0.3) is 10.2 Å². The Morgan fingerprint density at radius 2 is 2.25 bits per heavy atom. The topological polar surface area (TPSA) is 63.2 Å². The van der Waals surface area contributed by atoms with Gasteiger partial charge >= 0.3 is 6.03 Å². The van der Waals surface area contributed by atoms with Gasteiger partial charge in [-0.15, -0.1) is 11.3 Å². The Bertz CT molecular complexity index is 595. The molecule has 0 aliphatic carbocycles. The summed E-state index contributed by atoms with van der Waals surface area (Å²) in [4.78, 5) is 16.2. The Morgan fingerprint density at radius 3 is 2.95 bits per heavy atom. The molecule has 1 aromatic heterocycles. The lowest BCUT2D eigenvalue weighted by Gasteiger charge is -2.06. The molecule has 1 aromatic carbocycles. The maximum atomic E-state index is 11.6. The number of fused-ring (bicyclic) bond motifs is 1. The number of hydrogen-bond donors (Lipinski definition) is 2. The smallest absolute Gasteiger partial charge is 0.319 e. The van der Waals surface area contributed by atoms with Crippen LogP contribution in [0.5, 0.6) is 0 Å². The summed E-state index contributed by atoms with van der Waals surface area (Å²) in [5, 5.41) is 6.63. The number of carbonyl (C=O) groups is 1. The van der Waals surface area contributed by atoms with E-state index in [0.717, 1.165) is 20.9 Å². The zero-order valence-electron chi connectivity index (χ0n) is 11.9. The summed E-state index contributed by atoms with van der Waals surface area (Å²) < 4.78 is 5.96. The van der Waals surface area contributed by atoms with Gasteiger partial charge in [-0.3, -0.25) is 0 Å². The highest BCUT2D eigenvalue weighted by Crippen LogP contribution is 2.29. The normalized spacial score (nSPS) is 11.0. The number of nitrogens with zero attached hydrogens (tertiary/aromatic N) is 1. The summed E-state index contributed by atoms with van der Waals surface area (Å²) in [7, 11) is 1.60. The molecule has 0 saturated carbocycles. The van der Waals surface area contributed by atoms with Gasteiger partial charge in [0.1, 0.15) is 0 Å². The van der Waals surface area contributed by atoms with Crippen LogP contribution in [0.4, 0.5) is 10.5 Å². The van der Waals surface area contributed by atoms with Crippen molar-refractivity contribution in [2.24, 2.45) is 0 Å². The van der Waals surface area contributed by atoms with Crippen molar-refractivity contribution in [2.45, 2.75) is 19.8 Å². The molecule has 108 valence electrons. The second kappa shape index (κ2) is 6.67. The first kappa shape index (κ1) is 14.7. The summed E-state index contributed by atoms with van der Waals surface area (Å²) in [5.74, 6) is 0.418. The number of hydrogen-bond acceptors (Lipinski definition) is 4. The van der Waals surface area contributed by atoms with Gasteiger partial charge in [0.05, 0.1) is 21.8 Å². The molecule has 0 radical (unpaired) electrons. The van der Waals surface area contributed by atoms with Gasteiger partial charge in [-0.1, -0.05) is 13.8 Å². The number of benzene rings is 1. The minimum Gasteiger partial charge on any atom is -0.383 e. The van der Waals surface area contributed by atoms with Crippen molar-refractivity contribution >= 4 is 33.3 Å². The lowest BCUT2D eigenvalue weighted by molar-refractivity contribution is 0.198. The molecule has 0 unspecified atom stereocenters. The largest absolute Gasteiger partial charge is 0.383 e. The second-order valence-electron chi connectivity index (χ2n) is 4.76. The predicted molar refractivity (Wildman–Crippen MR) is 82.6 cm³/mol. The number of ether oxygens (including phenoxy) is 1. The molecular formula is C14H19N3O2S. The molecule has 2 N–H and O–H groups in total. The fourth-order valence-electron chi connectivity index (χ4n) is 1.71. The van der Waals surface area contributed by atoms with Crippen molar-refractivity contribution in [3.8, 4) is 0 Å². The van der Waals surface area contributed by atoms with Crippen molar-refractivity contribution in [3.63, 3.8) is 0 Å². The van der Waals surface area contributed by atoms with E-state index >= 15 is 0 Å². The number of anilines is 1. The van der Waals surface area contributed by atoms with E-state index in [1.54, 1.807) is 18.4 Å². The molecule has 0 bridgehead atoms. The first-order valence-corrected chi connectivity index (χ1v) is 7.36. The van der Waals surface area contributed by atoms with Crippen LogP contribution in [-0.4, -0.2) is 31.3 Å². The molecule has 0 aliphatic rings. The summed E-state index contributed by atoms with van der Waals surface area (Å²) in [5.41, 5.74) is 1.75. The summed E-state index contributed by atoms with van der Waals surface area (Å²) in [6.45, 7) is 5.24. The first-order valence-electron chi connectivity index (χ1n) is 6.54. The fourth-order valence-corrected chi connectivity index (χ4v) is 2.72. The average molecular weight is 293 g/mol. The number of aromatic nitrogens is 1. The highest BCUT2D eigenvalue weighted by molar-refractivity contribution is 7.18. The lowest BCUT2D eigenvalue weighted by atomic mass is 10.2. The van der Waals surface area contributed by atoms with Crippen LogP contribution in [0.3, 0.4) is 0 Å². The molecule has 0 fully saturated rings. The standard InChI is InChI=1S/C14H19N3O2S/c1-9(2)13-17-11-5-4-10(8-12(11)20-13)16-14(18)15-6-7-19-3/h4-5,8-9H,6-7H2,1-3H3,(H2,15,16,18). The molecule has 0 atom stereocenters. The van der Waals surface area contributed by atoms with Crippen molar-refractivity contribution in [1.82, 2.24) is 10.3 Å². The van der Waals surface area contributed by atoms with Gasteiger partial charge in [-0.2, -0.15) is 0 Å². The van der Waals surface area contributed by atoms with Crippen LogP contribution >= 0.6 is 11.3 Å². The maximum absolute atomic E-state index is 11.6.